The number of amides is 1. The van der Waals surface area contributed by atoms with Crippen LogP contribution in [0.5, 0.6) is 0 Å². The largest absolute Gasteiger partial charge is 0.394 e. The van der Waals surface area contributed by atoms with Crippen LogP contribution < -0.4 is 5.32 Å². The van der Waals surface area contributed by atoms with Crippen LogP contribution in [0.15, 0.2) is 36.5 Å². The first kappa shape index (κ1) is 72.3. The van der Waals surface area contributed by atoms with Crippen molar-refractivity contribution in [1.29, 1.82) is 0 Å². The molecule has 12 atom stereocenters. The number of unbranched alkanes of at least 4 members (excludes halogenated alkanes) is 33. The maximum absolute atomic E-state index is 13.2. The Hall–Kier alpha value is -1.79. The highest BCUT2D eigenvalue weighted by Crippen LogP contribution is 2.30. The Morgan fingerprint density at radius 3 is 1.29 bits per heavy atom. The van der Waals surface area contributed by atoms with Crippen LogP contribution in [0, 0.1) is 0 Å². The molecule has 0 aromatic rings. The molecule has 2 heterocycles. The lowest BCUT2D eigenvalue weighted by atomic mass is 9.97. The first-order chi connectivity index (χ1) is 38.1. The van der Waals surface area contributed by atoms with Gasteiger partial charge >= 0.3 is 0 Å². The quantitative estimate of drug-likeness (QED) is 0.0204. The van der Waals surface area contributed by atoms with Crippen molar-refractivity contribution in [1.82, 2.24) is 5.32 Å². The summed E-state index contributed by atoms with van der Waals surface area (Å²) in [4.78, 5) is 13.2. The molecule has 0 saturated carbocycles. The van der Waals surface area contributed by atoms with Gasteiger partial charge in [0.2, 0.25) is 5.91 Å². The molecule has 0 spiro atoms. The summed E-state index contributed by atoms with van der Waals surface area (Å²) in [6.07, 6.45) is 45.1. The van der Waals surface area contributed by atoms with Gasteiger partial charge < -0.3 is 65.1 Å². The zero-order valence-electron chi connectivity index (χ0n) is 49.4. The lowest BCUT2D eigenvalue weighted by Crippen LogP contribution is -2.65. The van der Waals surface area contributed by atoms with Crippen molar-refractivity contribution in [2.75, 3.05) is 19.8 Å². The molecule has 1 amide bonds. The second-order valence-corrected chi connectivity index (χ2v) is 22.9. The van der Waals surface area contributed by atoms with Crippen LogP contribution in [-0.4, -0.2) is 140 Å². The Morgan fingerprint density at radius 1 is 0.462 bits per heavy atom. The number of carbonyl (C=O) groups excluding carboxylic acids is 1. The van der Waals surface area contributed by atoms with E-state index in [0.29, 0.717) is 12.8 Å². The molecule has 458 valence electrons. The van der Waals surface area contributed by atoms with Crippen LogP contribution in [0.4, 0.5) is 0 Å². The summed E-state index contributed by atoms with van der Waals surface area (Å²) >= 11 is 0. The predicted molar refractivity (Wildman–Crippen MR) is 314 cm³/mol. The van der Waals surface area contributed by atoms with E-state index in [9.17, 15) is 45.6 Å². The molecule has 2 saturated heterocycles. The Morgan fingerprint density at radius 2 is 0.846 bits per heavy atom. The Labute approximate surface area is 474 Å². The molecular weight excluding hydrogens is 991 g/mol. The minimum atomic E-state index is -1.78. The number of hydrogen-bond acceptors (Lipinski definition) is 13. The molecule has 0 aromatic carbocycles. The molecule has 0 bridgehead atoms. The van der Waals surface area contributed by atoms with Crippen LogP contribution >= 0.6 is 0 Å². The van der Waals surface area contributed by atoms with Crippen molar-refractivity contribution in [3.8, 4) is 0 Å². The third kappa shape index (κ3) is 34.6. The molecule has 2 fully saturated rings. The first-order valence-corrected chi connectivity index (χ1v) is 32.2. The van der Waals surface area contributed by atoms with E-state index in [4.69, 9.17) is 18.9 Å². The second-order valence-electron chi connectivity index (χ2n) is 22.9. The highest BCUT2D eigenvalue weighted by atomic mass is 16.7. The summed E-state index contributed by atoms with van der Waals surface area (Å²) < 4.78 is 22.7. The summed E-state index contributed by atoms with van der Waals surface area (Å²) in [5, 5.41) is 86.8. The van der Waals surface area contributed by atoms with Crippen molar-refractivity contribution < 1.29 is 64.6 Å². The van der Waals surface area contributed by atoms with Gasteiger partial charge in [0.1, 0.15) is 48.8 Å². The van der Waals surface area contributed by atoms with E-state index < -0.39 is 86.8 Å². The van der Waals surface area contributed by atoms with E-state index in [2.05, 4.69) is 55.6 Å². The molecule has 0 aliphatic carbocycles. The maximum Gasteiger partial charge on any atom is 0.220 e. The molecular formula is C64H119NO13. The fraction of sp³-hybridized carbons (Fsp3) is 0.891. The fourth-order valence-electron chi connectivity index (χ4n) is 10.7. The molecule has 12 unspecified atom stereocenters. The SMILES string of the molecule is CCCCCCC/C=C\C/C=C\C/C=C\CCCCCCCCCCCCCCCCCCCCCCCCC(=O)NC(COC1OC(CO)C(OC2OC(CO)C(O)C(O)C2O)C(O)C1O)C(O)CCCCCCCCC. The average Bonchev–Trinajstić information content (AvgIpc) is 3.47. The van der Waals surface area contributed by atoms with Crippen molar-refractivity contribution >= 4 is 5.91 Å². The zero-order chi connectivity index (χ0) is 56.7. The number of carbonyl (C=O) groups is 1. The lowest BCUT2D eigenvalue weighted by molar-refractivity contribution is -0.359. The number of hydrogen-bond donors (Lipinski definition) is 9. The Kier molecular flexibility index (Phi) is 46.2. The van der Waals surface area contributed by atoms with Gasteiger partial charge in [0.05, 0.1) is 32.0 Å². The highest BCUT2D eigenvalue weighted by Gasteiger charge is 2.51. The normalized spacial score (nSPS) is 24.7. The van der Waals surface area contributed by atoms with Crippen molar-refractivity contribution in [3.05, 3.63) is 36.5 Å². The van der Waals surface area contributed by atoms with Crippen molar-refractivity contribution in [2.24, 2.45) is 0 Å². The van der Waals surface area contributed by atoms with E-state index in [0.717, 1.165) is 64.2 Å². The molecule has 14 heteroatoms. The van der Waals surface area contributed by atoms with E-state index >= 15 is 0 Å². The molecule has 78 heavy (non-hydrogen) atoms. The smallest absolute Gasteiger partial charge is 0.220 e. The van der Waals surface area contributed by atoms with Crippen LogP contribution in [0.2, 0.25) is 0 Å². The standard InChI is InChI=1S/C64H119NO13/c1-3-5-7-9-11-12-13-14-15-16-17-18-19-20-21-22-23-24-25-26-27-28-29-30-31-32-33-34-35-36-37-38-39-40-42-44-46-48-56(69)65-52(53(68)47-45-43-41-10-8-6-4-2)51-75-63-61(74)59(72)62(55(50-67)77-63)78-64-60(73)58(71)57(70)54(49-66)76-64/h13-14,16-17,19-20,52-55,57-64,66-68,70-74H,3-12,15,18,21-51H2,1-2H3,(H,65,69)/b14-13-,17-16-,20-19-. The predicted octanol–water partition coefficient (Wildman–Crippen LogP) is 11.8. The number of rotatable bonds is 52. The molecule has 2 aliphatic rings. The summed E-state index contributed by atoms with van der Waals surface area (Å²) in [6.45, 7) is 2.80. The van der Waals surface area contributed by atoms with Crippen LogP contribution in [0.25, 0.3) is 0 Å². The van der Waals surface area contributed by atoms with Gasteiger partial charge in [-0.3, -0.25) is 4.79 Å². The zero-order valence-corrected chi connectivity index (χ0v) is 49.4. The van der Waals surface area contributed by atoms with E-state index in [1.807, 2.05) is 0 Å². The molecule has 0 radical (unpaired) electrons. The van der Waals surface area contributed by atoms with E-state index in [1.165, 1.54) is 180 Å². The van der Waals surface area contributed by atoms with Gasteiger partial charge in [-0.1, -0.05) is 249 Å². The van der Waals surface area contributed by atoms with Crippen LogP contribution in [0.1, 0.15) is 271 Å². The minimum absolute atomic E-state index is 0.207. The van der Waals surface area contributed by atoms with E-state index in [-0.39, 0.29) is 12.5 Å². The van der Waals surface area contributed by atoms with Gasteiger partial charge in [0.25, 0.3) is 0 Å². The first-order valence-electron chi connectivity index (χ1n) is 32.2. The number of ether oxygens (including phenoxy) is 4. The number of nitrogens with one attached hydrogen (secondary N) is 1. The maximum atomic E-state index is 13.2. The Balaban J connectivity index is 1.51. The summed E-state index contributed by atoms with van der Waals surface area (Å²) in [7, 11) is 0. The monoisotopic (exact) mass is 1110 g/mol. The second kappa shape index (κ2) is 49.8. The summed E-state index contributed by atoms with van der Waals surface area (Å²) in [6, 6.07) is -0.823. The average molecular weight is 1110 g/mol. The molecule has 0 aromatic heterocycles. The topological polar surface area (TPSA) is 228 Å². The number of aliphatic hydroxyl groups excluding tert-OH is 8. The van der Waals surface area contributed by atoms with Gasteiger partial charge in [-0.15, -0.1) is 0 Å². The van der Waals surface area contributed by atoms with Crippen LogP contribution in [-0.2, 0) is 23.7 Å². The van der Waals surface area contributed by atoms with Crippen molar-refractivity contribution in [3.63, 3.8) is 0 Å². The van der Waals surface area contributed by atoms with Gasteiger partial charge in [-0.2, -0.15) is 0 Å². The summed E-state index contributed by atoms with van der Waals surface area (Å²) in [5.74, 6) is -0.207. The van der Waals surface area contributed by atoms with Crippen molar-refractivity contribution in [2.45, 2.75) is 344 Å². The molecule has 9 N–H and O–H groups in total. The van der Waals surface area contributed by atoms with Gasteiger partial charge in [0.15, 0.2) is 12.6 Å². The Bertz CT molecular complexity index is 1450. The third-order valence-electron chi connectivity index (χ3n) is 15.9. The minimum Gasteiger partial charge on any atom is -0.394 e. The number of aliphatic hydroxyl groups is 8. The van der Waals surface area contributed by atoms with Gasteiger partial charge in [-0.05, 0) is 51.4 Å². The van der Waals surface area contributed by atoms with E-state index in [1.54, 1.807) is 0 Å². The number of allylic oxidation sites excluding steroid dienone is 6. The summed E-state index contributed by atoms with van der Waals surface area (Å²) in [5.41, 5.74) is 0. The van der Waals surface area contributed by atoms with Crippen LogP contribution in [0.3, 0.4) is 0 Å². The lowest BCUT2D eigenvalue weighted by Gasteiger charge is -2.46. The fourth-order valence-corrected chi connectivity index (χ4v) is 10.7. The van der Waals surface area contributed by atoms with Gasteiger partial charge in [-0.25, -0.2) is 0 Å². The van der Waals surface area contributed by atoms with Gasteiger partial charge in [0, 0.05) is 6.42 Å². The molecule has 2 aliphatic heterocycles. The highest BCUT2D eigenvalue weighted by molar-refractivity contribution is 5.76. The molecule has 14 nitrogen and oxygen atoms in total. The molecule has 2 rings (SSSR count). The third-order valence-corrected chi connectivity index (χ3v) is 15.9.